The normalized spacial score (nSPS) is 23.9. The molecule has 1 fully saturated rings. The van der Waals surface area contributed by atoms with Gasteiger partial charge in [-0.15, -0.1) is 0 Å². The van der Waals surface area contributed by atoms with Gasteiger partial charge < -0.3 is 4.79 Å². The van der Waals surface area contributed by atoms with Crippen molar-refractivity contribution < 1.29 is 9.59 Å². The van der Waals surface area contributed by atoms with E-state index >= 15 is 0 Å². The molecule has 2 nitrogen and oxygen atoms in total. The molecule has 0 aliphatic heterocycles. The Labute approximate surface area is 108 Å². The molecule has 1 aliphatic rings. The molecule has 96 valence electrons. The van der Waals surface area contributed by atoms with Gasteiger partial charge >= 0.3 is 0 Å². The summed E-state index contributed by atoms with van der Waals surface area (Å²) >= 11 is 0. The van der Waals surface area contributed by atoms with E-state index in [4.69, 9.17) is 0 Å². The van der Waals surface area contributed by atoms with Crippen LogP contribution in [-0.2, 0) is 15.0 Å². The molecule has 18 heavy (non-hydrogen) atoms. The van der Waals surface area contributed by atoms with E-state index in [1.54, 1.807) is 6.92 Å². The first-order valence-corrected chi connectivity index (χ1v) is 6.73. The highest BCUT2D eigenvalue weighted by Gasteiger charge is 2.40. The van der Waals surface area contributed by atoms with E-state index in [1.807, 2.05) is 30.3 Å². The molecule has 0 radical (unpaired) electrons. The number of rotatable bonds is 4. The average molecular weight is 244 g/mol. The van der Waals surface area contributed by atoms with Crippen LogP contribution in [0.15, 0.2) is 30.3 Å². The molecule has 2 heteroatoms. The Morgan fingerprint density at radius 2 is 1.94 bits per heavy atom. The van der Waals surface area contributed by atoms with Crippen LogP contribution in [0.3, 0.4) is 0 Å². The molecule has 0 unspecified atom stereocenters. The molecule has 1 aromatic carbocycles. The van der Waals surface area contributed by atoms with E-state index in [9.17, 15) is 9.59 Å². The summed E-state index contributed by atoms with van der Waals surface area (Å²) < 4.78 is 0. The molecule has 1 saturated carbocycles. The van der Waals surface area contributed by atoms with Crippen LogP contribution < -0.4 is 0 Å². The Morgan fingerprint density at radius 3 is 2.56 bits per heavy atom. The third-order valence-electron chi connectivity index (χ3n) is 4.02. The molecule has 2 rings (SSSR count). The van der Waals surface area contributed by atoms with Gasteiger partial charge in [0, 0.05) is 12.8 Å². The smallest absolute Gasteiger partial charge is 0.143 e. The third kappa shape index (κ3) is 2.53. The maximum atomic E-state index is 12.4. The number of benzene rings is 1. The van der Waals surface area contributed by atoms with E-state index in [1.165, 1.54) is 0 Å². The summed E-state index contributed by atoms with van der Waals surface area (Å²) in [5.41, 5.74) is 0.696. The fourth-order valence-electron chi connectivity index (χ4n) is 2.95. The number of Topliss-reactive ketones (excluding diaryl/α,β-unsaturated/α-hetero) is 2. The fourth-order valence-corrected chi connectivity index (χ4v) is 2.95. The van der Waals surface area contributed by atoms with Crippen LogP contribution in [0.1, 0.15) is 51.0 Å². The highest BCUT2D eigenvalue weighted by molar-refractivity contribution is 5.91. The number of carbonyl (C=O) groups excluding carboxylic acids is 2. The van der Waals surface area contributed by atoms with Gasteiger partial charge in [0.2, 0.25) is 0 Å². The van der Waals surface area contributed by atoms with Crippen LogP contribution in [0.25, 0.3) is 0 Å². The van der Waals surface area contributed by atoms with Crippen molar-refractivity contribution in [3.63, 3.8) is 0 Å². The van der Waals surface area contributed by atoms with Gasteiger partial charge in [-0.25, -0.2) is 0 Å². The molecule has 1 atom stereocenters. The first kappa shape index (κ1) is 13.0. The lowest BCUT2D eigenvalue weighted by Crippen LogP contribution is -2.39. The van der Waals surface area contributed by atoms with E-state index in [0.717, 1.165) is 24.8 Å². The van der Waals surface area contributed by atoms with Gasteiger partial charge in [-0.1, -0.05) is 36.8 Å². The quantitative estimate of drug-likeness (QED) is 0.813. The predicted molar refractivity (Wildman–Crippen MR) is 71.5 cm³/mol. The van der Waals surface area contributed by atoms with Gasteiger partial charge in [0.25, 0.3) is 0 Å². The van der Waals surface area contributed by atoms with Gasteiger partial charge in [0.1, 0.15) is 11.6 Å². The lowest BCUT2D eigenvalue weighted by Gasteiger charge is -2.36. The topological polar surface area (TPSA) is 34.1 Å². The SMILES string of the molecule is CC(=O)CC[C@]1(c2ccccc2)CCCCC1=O. The zero-order valence-corrected chi connectivity index (χ0v) is 10.9. The minimum Gasteiger partial charge on any atom is -0.300 e. The number of carbonyl (C=O) groups is 2. The summed E-state index contributed by atoms with van der Waals surface area (Å²) in [5.74, 6) is 0.491. The van der Waals surface area contributed by atoms with Crippen molar-refractivity contribution in [3.05, 3.63) is 35.9 Å². The zero-order valence-electron chi connectivity index (χ0n) is 10.9. The van der Waals surface area contributed by atoms with Gasteiger partial charge in [-0.3, -0.25) is 4.79 Å². The first-order chi connectivity index (χ1) is 8.65. The van der Waals surface area contributed by atoms with Crippen LogP contribution in [0.2, 0.25) is 0 Å². The molecule has 1 aliphatic carbocycles. The van der Waals surface area contributed by atoms with Crippen LogP contribution in [0, 0.1) is 0 Å². The summed E-state index contributed by atoms with van der Waals surface area (Å²) in [4.78, 5) is 23.7. The largest absolute Gasteiger partial charge is 0.300 e. The molecule has 0 bridgehead atoms. The Bertz CT molecular complexity index is 436. The summed E-state index contributed by atoms with van der Waals surface area (Å²) in [6.07, 6.45) is 4.80. The standard InChI is InChI=1S/C16H20O2/c1-13(17)10-12-16(11-6-5-9-15(16)18)14-7-3-2-4-8-14/h2-4,7-8H,5-6,9-12H2,1H3/t16-/m0/s1. The van der Waals surface area contributed by atoms with Gasteiger partial charge in [0.05, 0.1) is 5.41 Å². The lowest BCUT2D eigenvalue weighted by molar-refractivity contribution is -0.127. The van der Waals surface area contributed by atoms with Crippen LogP contribution >= 0.6 is 0 Å². The average Bonchev–Trinajstić information content (AvgIpc) is 2.39. The fraction of sp³-hybridized carbons (Fsp3) is 0.500. The second-order valence-corrected chi connectivity index (χ2v) is 5.28. The lowest BCUT2D eigenvalue weighted by atomic mass is 9.66. The van der Waals surface area contributed by atoms with Gasteiger partial charge in [-0.2, -0.15) is 0 Å². The maximum absolute atomic E-state index is 12.4. The van der Waals surface area contributed by atoms with Crippen LogP contribution in [0.4, 0.5) is 0 Å². The number of hydrogen-bond donors (Lipinski definition) is 0. The van der Waals surface area contributed by atoms with E-state index in [0.29, 0.717) is 25.0 Å². The van der Waals surface area contributed by atoms with Crippen molar-refractivity contribution in [2.45, 2.75) is 50.9 Å². The Morgan fingerprint density at radius 1 is 1.22 bits per heavy atom. The molecule has 0 spiro atoms. The molecule has 0 amide bonds. The molecule has 1 aromatic rings. The monoisotopic (exact) mass is 244 g/mol. The minimum atomic E-state index is -0.398. The Hall–Kier alpha value is -1.44. The summed E-state index contributed by atoms with van der Waals surface area (Å²) in [6.45, 7) is 1.60. The van der Waals surface area contributed by atoms with Crippen LogP contribution in [-0.4, -0.2) is 11.6 Å². The van der Waals surface area contributed by atoms with Crippen molar-refractivity contribution in [3.8, 4) is 0 Å². The predicted octanol–water partition coefficient (Wildman–Crippen LogP) is 3.44. The molecule has 0 heterocycles. The maximum Gasteiger partial charge on any atom is 0.143 e. The minimum absolute atomic E-state index is 0.170. The van der Waals surface area contributed by atoms with Gasteiger partial charge in [-0.05, 0) is 31.7 Å². The first-order valence-electron chi connectivity index (χ1n) is 6.73. The van der Waals surface area contributed by atoms with Crippen molar-refractivity contribution in [2.24, 2.45) is 0 Å². The van der Waals surface area contributed by atoms with Crippen molar-refractivity contribution in [1.29, 1.82) is 0 Å². The third-order valence-corrected chi connectivity index (χ3v) is 4.02. The highest BCUT2D eigenvalue weighted by atomic mass is 16.1. The Kier molecular flexibility index (Phi) is 3.95. The Balaban J connectivity index is 2.32. The summed E-state index contributed by atoms with van der Waals surface area (Å²) in [5, 5.41) is 0. The molecule has 0 aromatic heterocycles. The number of hydrogen-bond acceptors (Lipinski definition) is 2. The summed E-state index contributed by atoms with van der Waals surface area (Å²) in [7, 11) is 0. The zero-order chi connectivity index (χ0) is 13.0. The molecule has 0 saturated heterocycles. The molecular formula is C16H20O2. The molecular weight excluding hydrogens is 224 g/mol. The number of ketones is 2. The molecule has 0 N–H and O–H groups in total. The van der Waals surface area contributed by atoms with Crippen molar-refractivity contribution >= 4 is 11.6 Å². The van der Waals surface area contributed by atoms with E-state index in [-0.39, 0.29) is 5.78 Å². The highest BCUT2D eigenvalue weighted by Crippen LogP contribution is 2.40. The van der Waals surface area contributed by atoms with Crippen LogP contribution in [0.5, 0.6) is 0 Å². The van der Waals surface area contributed by atoms with Gasteiger partial charge in [0.15, 0.2) is 0 Å². The second-order valence-electron chi connectivity index (χ2n) is 5.28. The van der Waals surface area contributed by atoms with Crippen molar-refractivity contribution in [1.82, 2.24) is 0 Å². The summed E-state index contributed by atoms with van der Waals surface area (Å²) in [6, 6.07) is 9.99. The van der Waals surface area contributed by atoms with E-state index < -0.39 is 5.41 Å². The second kappa shape index (κ2) is 5.47. The van der Waals surface area contributed by atoms with Crippen molar-refractivity contribution in [2.75, 3.05) is 0 Å². The van der Waals surface area contributed by atoms with E-state index in [2.05, 4.69) is 0 Å².